The zero-order valence-electron chi connectivity index (χ0n) is 52.4. The fourth-order valence-corrected chi connectivity index (χ4v) is 9.80. The summed E-state index contributed by atoms with van der Waals surface area (Å²) in [5.74, 6) is -0.872. The molecule has 0 fully saturated rings. The molecule has 456 valence electrons. The van der Waals surface area contributed by atoms with Gasteiger partial charge in [-0.1, -0.05) is 318 Å². The Hall–Kier alpha value is -3.41. The van der Waals surface area contributed by atoms with Crippen molar-refractivity contribution >= 4 is 17.9 Å². The van der Waals surface area contributed by atoms with Crippen LogP contribution in [0.1, 0.15) is 342 Å². The Balaban J connectivity index is 4.14. The van der Waals surface area contributed by atoms with Crippen LogP contribution in [0.15, 0.2) is 85.1 Å². The van der Waals surface area contributed by atoms with Crippen molar-refractivity contribution in [2.75, 3.05) is 13.2 Å². The van der Waals surface area contributed by atoms with Gasteiger partial charge in [0.1, 0.15) is 13.2 Å². The number of hydrogen-bond acceptors (Lipinski definition) is 6. The largest absolute Gasteiger partial charge is 0.462 e. The Morgan fingerprint density at radius 3 is 0.823 bits per heavy atom. The smallest absolute Gasteiger partial charge is 0.306 e. The van der Waals surface area contributed by atoms with Crippen LogP contribution in [0.2, 0.25) is 0 Å². The van der Waals surface area contributed by atoms with Crippen LogP contribution in [0.3, 0.4) is 0 Å². The third-order valence-electron chi connectivity index (χ3n) is 14.9. The quantitative estimate of drug-likeness (QED) is 0.0261. The van der Waals surface area contributed by atoms with Crippen LogP contribution in [-0.4, -0.2) is 37.2 Å². The summed E-state index contributed by atoms with van der Waals surface area (Å²) >= 11 is 0. The molecule has 0 aromatic rings. The average Bonchev–Trinajstić information content (AvgIpc) is 3.45. The number of hydrogen-bond donors (Lipinski definition) is 0. The van der Waals surface area contributed by atoms with Gasteiger partial charge in [0, 0.05) is 19.3 Å². The normalized spacial score (nSPS) is 12.6. The summed E-state index contributed by atoms with van der Waals surface area (Å²) in [4.78, 5) is 38.3. The molecular formula is C73H128O6. The number of unbranched alkanes of at least 4 members (excludes halogenated alkanes) is 37. The van der Waals surface area contributed by atoms with Gasteiger partial charge in [-0.25, -0.2) is 0 Å². The average molecular weight is 1100 g/mol. The lowest BCUT2D eigenvalue weighted by molar-refractivity contribution is -0.167. The van der Waals surface area contributed by atoms with E-state index >= 15 is 0 Å². The second kappa shape index (κ2) is 67.1. The van der Waals surface area contributed by atoms with Crippen molar-refractivity contribution in [2.24, 2.45) is 0 Å². The standard InChI is InChI=1S/C73H128O6/c1-4-7-10-13-16-19-22-25-27-28-29-30-31-32-33-34-35-36-37-38-39-40-41-42-43-44-46-48-51-54-57-60-63-66-72(75)78-69-70(68-77-71(74)65-62-59-56-53-50-47-24-21-18-15-12-9-6-3)79-73(76)67-64-61-58-55-52-49-45-26-23-20-17-14-11-8-5-2/h7,10,12,15-16,19,21,24-25,27,29-30,32-33,70H,4-6,8-9,11,13-14,17-18,20,22-23,26,28,31,34-69H2,1-3H3/b10-7-,15-12-,19-16-,24-21-,27-25-,30-29-,33-32-. The van der Waals surface area contributed by atoms with Crippen molar-refractivity contribution in [1.82, 2.24) is 0 Å². The maximum atomic E-state index is 12.9. The predicted octanol–water partition coefficient (Wildman–Crippen LogP) is 23.4. The zero-order chi connectivity index (χ0) is 57.1. The van der Waals surface area contributed by atoms with E-state index in [0.717, 1.165) is 116 Å². The molecule has 0 heterocycles. The lowest BCUT2D eigenvalue weighted by Gasteiger charge is -2.18. The van der Waals surface area contributed by atoms with Crippen molar-refractivity contribution in [2.45, 2.75) is 348 Å². The SMILES string of the molecule is CC/C=C\C/C=C\C/C=C\C/C=C\C/C=C\CCCCCCCCCCCCCCCCCCCC(=O)OCC(COC(=O)CCCCCCC/C=C\C/C=C\CCC)OC(=O)CCCCCCCCCCCCCCCCC. The van der Waals surface area contributed by atoms with E-state index in [1.54, 1.807) is 0 Å². The molecule has 79 heavy (non-hydrogen) atoms. The van der Waals surface area contributed by atoms with Crippen LogP contribution in [0.4, 0.5) is 0 Å². The van der Waals surface area contributed by atoms with Gasteiger partial charge in [0.2, 0.25) is 0 Å². The van der Waals surface area contributed by atoms with E-state index in [0.29, 0.717) is 19.3 Å². The first-order valence-electron chi connectivity index (χ1n) is 34.1. The lowest BCUT2D eigenvalue weighted by Crippen LogP contribution is -2.30. The van der Waals surface area contributed by atoms with Gasteiger partial charge in [0.05, 0.1) is 0 Å². The summed E-state index contributed by atoms with van der Waals surface area (Å²) in [5, 5.41) is 0. The number of ether oxygens (including phenoxy) is 3. The van der Waals surface area contributed by atoms with E-state index in [4.69, 9.17) is 14.2 Å². The minimum atomic E-state index is -0.779. The number of carbonyl (C=O) groups excluding carboxylic acids is 3. The van der Waals surface area contributed by atoms with Gasteiger partial charge in [-0.3, -0.25) is 14.4 Å². The molecule has 0 saturated carbocycles. The van der Waals surface area contributed by atoms with E-state index in [1.807, 2.05) is 0 Å². The van der Waals surface area contributed by atoms with E-state index in [2.05, 4.69) is 106 Å². The van der Waals surface area contributed by atoms with Crippen LogP contribution in [0.25, 0.3) is 0 Å². The first-order valence-corrected chi connectivity index (χ1v) is 34.1. The van der Waals surface area contributed by atoms with E-state index in [1.165, 1.54) is 186 Å². The van der Waals surface area contributed by atoms with Gasteiger partial charge in [-0.2, -0.15) is 0 Å². The Bertz CT molecular complexity index is 1500. The maximum absolute atomic E-state index is 12.9. The summed E-state index contributed by atoms with van der Waals surface area (Å²) in [6.07, 6.45) is 89.0. The molecule has 0 aromatic heterocycles. The Morgan fingerprint density at radius 2 is 0.519 bits per heavy atom. The predicted molar refractivity (Wildman–Crippen MR) is 344 cm³/mol. The van der Waals surface area contributed by atoms with Gasteiger partial charge in [0.25, 0.3) is 0 Å². The third kappa shape index (κ3) is 65.3. The Morgan fingerprint density at radius 1 is 0.266 bits per heavy atom. The molecule has 6 heteroatoms. The molecular weight excluding hydrogens is 973 g/mol. The highest BCUT2D eigenvalue weighted by Crippen LogP contribution is 2.18. The van der Waals surface area contributed by atoms with E-state index < -0.39 is 6.10 Å². The highest BCUT2D eigenvalue weighted by atomic mass is 16.6. The molecule has 0 aliphatic rings. The molecule has 0 rings (SSSR count). The molecule has 0 spiro atoms. The monoisotopic (exact) mass is 1100 g/mol. The second-order valence-corrected chi connectivity index (χ2v) is 22.7. The highest BCUT2D eigenvalue weighted by Gasteiger charge is 2.19. The molecule has 1 atom stereocenters. The Kier molecular flexibility index (Phi) is 64.2. The molecule has 0 bridgehead atoms. The minimum Gasteiger partial charge on any atom is -0.462 e. The fourth-order valence-electron chi connectivity index (χ4n) is 9.80. The topological polar surface area (TPSA) is 78.9 Å². The minimum absolute atomic E-state index is 0.0757. The molecule has 0 aliphatic carbocycles. The number of esters is 3. The summed E-state index contributed by atoms with van der Waals surface area (Å²) < 4.78 is 16.9. The summed E-state index contributed by atoms with van der Waals surface area (Å²) in [5.41, 5.74) is 0. The molecule has 1 unspecified atom stereocenters. The van der Waals surface area contributed by atoms with Gasteiger partial charge < -0.3 is 14.2 Å². The number of allylic oxidation sites excluding steroid dienone is 14. The molecule has 0 aromatic carbocycles. The first-order chi connectivity index (χ1) is 39.0. The Labute approximate surface area is 490 Å². The van der Waals surface area contributed by atoms with Crippen molar-refractivity contribution < 1.29 is 28.6 Å². The van der Waals surface area contributed by atoms with Gasteiger partial charge in [-0.05, 0) is 89.9 Å². The molecule has 0 saturated heterocycles. The van der Waals surface area contributed by atoms with Crippen LogP contribution < -0.4 is 0 Å². The van der Waals surface area contributed by atoms with Crippen LogP contribution in [-0.2, 0) is 28.6 Å². The first kappa shape index (κ1) is 75.6. The van der Waals surface area contributed by atoms with Gasteiger partial charge >= 0.3 is 17.9 Å². The summed E-state index contributed by atoms with van der Waals surface area (Å²) in [6.45, 7) is 6.49. The zero-order valence-corrected chi connectivity index (χ0v) is 52.4. The van der Waals surface area contributed by atoms with Gasteiger partial charge in [-0.15, -0.1) is 0 Å². The van der Waals surface area contributed by atoms with E-state index in [9.17, 15) is 14.4 Å². The van der Waals surface area contributed by atoms with Crippen molar-refractivity contribution in [3.05, 3.63) is 85.1 Å². The molecule has 0 amide bonds. The number of carbonyl (C=O) groups is 3. The third-order valence-corrected chi connectivity index (χ3v) is 14.9. The molecule has 0 radical (unpaired) electrons. The lowest BCUT2D eigenvalue weighted by atomic mass is 10.0. The fraction of sp³-hybridized carbons (Fsp3) is 0.767. The summed E-state index contributed by atoms with van der Waals surface area (Å²) in [7, 11) is 0. The van der Waals surface area contributed by atoms with E-state index in [-0.39, 0.29) is 31.1 Å². The van der Waals surface area contributed by atoms with Gasteiger partial charge in [0.15, 0.2) is 6.10 Å². The van der Waals surface area contributed by atoms with Crippen molar-refractivity contribution in [3.8, 4) is 0 Å². The number of rotatable bonds is 62. The molecule has 6 nitrogen and oxygen atoms in total. The van der Waals surface area contributed by atoms with Crippen LogP contribution in [0, 0.1) is 0 Å². The van der Waals surface area contributed by atoms with Crippen molar-refractivity contribution in [1.29, 1.82) is 0 Å². The maximum Gasteiger partial charge on any atom is 0.306 e. The van der Waals surface area contributed by atoms with Crippen LogP contribution in [0.5, 0.6) is 0 Å². The second-order valence-electron chi connectivity index (χ2n) is 22.7. The molecule has 0 aliphatic heterocycles. The summed E-state index contributed by atoms with van der Waals surface area (Å²) in [6, 6.07) is 0. The highest BCUT2D eigenvalue weighted by molar-refractivity contribution is 5.71. The van der Waals surface area contributed by atoms with Crippen molar-refractivity contribution in [3.63, 3.8) is 0 Å². The van der Waals surface area contributed by atoms with Crippen LogP contribution >= 0.6 is 0 Å². The molecule has 0 N–H and O–H groups in total.